The van der Waals surface area contributed by atoms with Crippen molar-refractivity contribution < 1.29 is 5.21 Å². The van der Waals surface area contributed by atoms with Crippen LogP contribution in [-0.2, 0) is 0 Å². The molecule has 90 valence electrons. The highest BCUT2D eigenvalue weighted by molar-refractivity contribution is 6.02. The average Bonchev–Trinajstić information content (AvgIpc) is 2.42. The van der Waals surface area contributed by atoms with E-state index in [1.807, 2.05) is 30.3 Å². The van der Waals surface area contributed by atoms with E-state index >= 15 is 0 Å². The Morgan fingerprint density at radius 2 is 1.88 bits per heavy atom. The van der Waals surface area contributed by atoms with Crippen LogP contribution in [0.4, 0.5) is 0 Å². The van der Waals surface area contributed by atoms with Gasteiger partial charge < -0.3 is 10.1 Å². The van der Waals surface area contributed by atoms with Crippen LogP contribution in [0.15, 0.2) is 35.5 Å². The number of oxime groups is 1. The first-order valence-corrected chi connectivity index (χ1v) is 6.38. The van der Waals surface area contributed by atoms with Gasteiger partial charge in [-0.2, -0.15) is 0 Å². The molecule has 3 heteroatoms. The van der Waals surface area contributed by atoms with Crippen molar-refractivity contribution in [3.8, 4) is 0 Å². The molecule has 3 heterocycles. The molecule has 1 aromatic carbocycles. The summed E-state index contributed by atoms with van der Waals surface area (Å²) in [6, 6.07) is 10.1. The van der Waals surface area contributed by atoms with Crippen LogP contribution >= 0.6 is 0 Å². The summed E-state index contributed by atoms with van der Waals surface area (Å²) in [4.78, 5) is 2.48. The number of rotatable bonds is 2. The van der Waals surface area contributed by atoms with Gasteiger partial charge in [-0.25, -0.2) is 0 Å². The summed E-state index contributed by atoms with van der Waals surface area (Å²) in [6.07, 6.45) is 2.49. The molecule has 3 nitrogen and oxygen atoms in total. The lowest BCUT2D eigenvalue weighted by atomic mass is 9.75. The lowest BCUT2D eigenvalue weighted by Crippen LogP contribution is -2.50. The summed E-state index contributed by atoms with van der Waals surface area (Å²) in [6.45, 7) is 3.49. The van der Waals surface area contributed by atoms with Crippen LogP contribution in [0.2, 0.25) is 0 Å². The van der Waals surface area contributed by atoms with Gasteiger partial charge in [-0.15, -0.1) is 0 Å². The standard InChI is InChI=1S/C14H18N2O/c17-15-14(12-4-2-1-3-5-12)13-10-16-8-6-11(13)7-9-16/h1-5,11,13,17H,6-10H2. The first-order valence-electron chi connectivity index (χ1n) is 6.38. The third-order valence-corrected chi connectivity index (χ3v) is 4.18. The highest BCUT2D eigenvalue weighted by atomic mass is 16.4. The second kappa shape index (κ2) is 4.49. The Hall–Kier alpha value is -1.35. The number of hydrogen-bond acceptors (Lipinski definition) is 3. The van der Waals surface area contributed by atoms with E-state index in [-0.39, 0.29) is 0 Å². The number of hydrogen-bond donors (Lipinski definition) is 1. The van der Waals surface area contributed by atoms with Gasteiger partial charge in [0.05, 0.1) is 5.71 Å². The lowest BCUT2D eigenvalue weighted by molar-refractivity contribution is 0.0807. The van der Waals surface area contributed by atoms with E-state index < -0.39 is 0 Å². The summed E-state index contributed by atoms with van der Waals surface area (Å²) in [7, 11) is 0. The predicted molar refractivity (Wildman–Crippen MR) is 67.4 cm³/mol. The Kier molecular flexibility index (Phi) is 2.85. The fourth-order valence-electron chi connectivity index (χ4n) is 3.23. The molecule has 0 aliphatic carbocycles. The fourth-order valence-corrected chi connectivity index (χ4v) is 3.23. The van der Waals surface area contributed by atoms with Crippen LogP contribution < -0.4 is 0 Å². The molecule has 1 atom stereocenters. The van der Waals surface area contributed by atoms with E-state index in [1.165, 1.54) is 25.9 Å². The third-order valence-electron chi connectivity index (χ3n) is 4.18. The van der Waals surface area contributed by atoms with Crippen molar-refractivity contribution in [3.05, 3.63) is 35.9 Å². The number of benzene rings is 1. The molecule has 1 unspecified atom stereocenters. The van der Waals surface area contributed by atoms with Crippen molar-refractivity contribution in [2.24, 2.45) is 17.0 Å². The van der Waals surface area contributed by atoms with Crippen molar-refractivity contribution in [2.75, 3.05) is 19.6 Å². The van der Waals surface area contributed by atoms with Crippen LogP contribution in [0, 0.1) is 11.8 Å². The Balaban J connectivity index is 1.87. The molecule has 3 fully saturated rings. The van der Waals surface area contributed by atoms with Crippen molar-refractivity contribution in [3.63, 3.8) is 0 Å². The molecular formula is C14H18N2O. The molecule has 2 bridgehead atoms. The van der Waals surface area contributed by atoms with E-state index in [0.29, 0.717) is 11.8 Å². The molecule has 1 aromatic rings. The smallest absolute Gasteiger partial charge is 0.0914 e. The Morgan fingerprint density at radius 1 is 1.18 bits per heavy atom. The van der Waals surface area contributed by atoms with E-state index in [4.69, 9.17) is 0 Å². The molecule has 0 spiro atoms. The monoisotopic (exact) mass is 230 g/mol. The van der Waals surface area contributed by atoms with Crippen LogP contribution in [-0.4, -0.2) is 35.5 Å². The van der Waals surface area contributed by atoms with E-state index in [2.05, 4.69) is 10.1 Å². The summed E-state index contributed by atoms with van der Waals surface area (Å²) < 4.78 is 0. The zero-order valence-corrected chi connectivity index (χ0v) is 9.92. The van der Waals surface area contributed by atoms with Gasteiger partial charge in [0.1, 0.15) is 0 Å². The topological polar surface area (TPSA) is 35.8 Å². The van der Waals surface area contributed by atoms with Crippen LogP contribution in [0.25, 0.3) is 0 Å². The van der Waals surface area contributed by atoms with Crippen LogP contribution in [0.3, 0.4) is 0 Å². The van der Waals surface area contributed by atoms with Crippen LogP contribution in [0.5, 0.6) is 0 Å². The molecule has 17 heavy (non-hydrogen) atoms. The molecule has 0 amide bonds. The molecule has 0 saturated carbocycles. The maximum Gasteiger partial charge on any atom is 0.0914 e. The normalized spacial score (nSPS) is 32.7. The van der Waals surface area contributed by atoms with Crippen molar-refractivity contribution >= 4 is 5.71 Å². The lowest BCUT2D eigenvalue weighted by Gasteiger charge is -2.44. The fraction of sp³-hybridized carbons (Fsp3) is 0.500. The summed E-state index contributed by atoms with van der Waals surface area (Å²) in [5, 5.41) is 12.9. The highest BCUT2D eigenvalue weighted by Crippen LogP contribution is 2.34. The molecule has 0 aromatic heterocycles. The number of nitrogens with zero attached hydrogens (tertiary/aromatic N) is 2. The molecule has 3 aliphatic rings. The van der Waals surface area contributed by atoms with Crippen molar-refractivity contribution in [2.45, 2.75) is 12.8 Å². The molecular weight excluding hydrogens is 212 g/mol. The van der Waals surface area contributed by atoms with E-state index in [0.717, 1.165) is 17.8 Å². The van der Waals surface area contributed by atoms with Gasteiger partial charge in [0, 0.05) is 12.5 Å². The van der Waals surface area contributed by atoms with E-state index in [1.54, 1.807) is 0 Å². The minimum absolute atomic E-state index is 0.407. The third kappa shape index (κ3) is 1.95. The maximum atomic E-state index is 9.33. The zero-order valence-electron chi connectivity index (χ0n) is 9.92. The number of fused-ring (bicyclic) bond motifs is 3. The Bertz CT molecular complexity index is 407. The van der Waals surface area contributed by atoms with Gasteiger partial charge in [0.2, 0.25) is 0 Å². The second-order valence-corrected chi connectivity index (χ2v) is 5.10. The molecule has 4 rings (SSSR count). The van der Waals surface area contributed by atoms with Gasteiger partial charge in [-0.1, -0.05) is 35.5 Å². The summed E-state index contributed by atoms with van der Waals surface area (Å²) >= 11 is 0. The quantitative estimate of drug-likeness (QED) is 0.480. The highest BCUT2D eigenvalue weighted by Gasteiger charge is 2.37. The first kappa shape index (κ1) is 10.8. The molecule has 0 radical (unpaired) electrons. The largest absolute Gasteiger partial charge is 0.411 e. The minimum atomic E-state index is 0.407. The van der Waals surface area contributed by atoms with Crippen LogP contribution in [0.1, 0.15) is 18.4 Å². The predicted octanol–water partition coefficient (Wildman–Crippen LogP) is 2.21. The minimum Gasteiger partial charge on any atom is -0.411 e. The van der Waals surface area contributed by atoms with Gasteiger partial charge in [0.15, 0.2) is 0 Å². The van der Waals surface area contributed by atoms with Crippen molar-refractivity contribution in [1.29, 1.82) is 0 Å². The zero-order chi connectivity index (χ0) is 11.7. The van der Waals surface area contributed by atoms with Gasteiger partial charge in [0.25, 0.3) is 0 Å². The van der Waals surface area contributed by atoms with Gasteiger partial charge >= 0.3 is 0 Å². The van der Waals surface area contributed by atoms with E-state index in [9.17, 15) is 5.21 Å². The molecule has 3 aliphatic heterocycles. The van der Waals surface area contributed by atoms with Gasteiger partial charge in [-0.3, -0.25) is 0 Å². The summed E-state index contributed by atoms with van der Waals surface area (Å²) in [5.41, 5.74) is 1.94. The molecule has 1 N–H and O–H groups in total. The number of piperidine rings is 3. The summed E-state index contributed by atoms with van der Waals surface area (Å²) in [5.74, 6) is 1.11. The second-order valence-electron chi connectivity index (χ2n) is 5.10. The maximum absolute atomic E-state index is 9.33. The Morgan fingerprint density at radius 3 is 2.41 bits per heavy atom. The van der Waals surface area contributed by atoms with Gasteiger partial charge in [-0.05, 0) is 37.4 Å². The first-order chi connectivity index (χ1) is 8.38. The Labute approximate surface area is 102 Å². The van der Waals surface area contributed by atoms with Crippen molar-refractivity contribution in [1.82, 2.24) is 4.90 Å². The SMILES string of the molecule is ON=C(c1ccccc1)C1CN2CCC1CC2. The average molecular weight is 230 g/mol. The molecule has 3 saturated heterocycles.